The minimum atomic E-state index is -0.0880. The number of hydrogen-bond donors (Lipinski definition) is 0. The fourth-order valence-corrected chi connectivity index (χ4v) is 2.24. The van der Waals surface area contributed by atoms with Crippen molar-refractivity contribution in [3.63, 3.8) is 0 Å². The van der Waals surface area contributed by atoms with Gasteiger partial charge in [-0.2, -0.15) is 10.2 Å². The summed E-state index contributed by atoms with van der Waals surface area (Å²) >= 11 is 4.36. The van der Waals surface area contributed by atoms with Gasteiger partial charge in [-0.3, -0.25) is 9.48 Å². The number of hydrogen-bond acceptors (Lipinski definition) is 3. The highest BCUT2D eigenvalue weighted by atomic mass is 127. The number of nitrogens with zero attached hydrogens (tertiary/aromatic N) is 4. The van der Waals surface area contributed by atoms with Crippen LogP contribution >= 0.6 is 45.2 Å². The quantitative estimate of drug-likeness (QED) is 0.652. The van der Waals surface area contributed by atoms with Gasteiger partial charge in [-0.15, -0.1) is 0 Å². The van der Waals surface area contributed by atoms with E-state index in [9.17, 15) is 4.79 Å². The second kappa shape index (κ2) is 5.04. The van der Waals surface area contributed by atoms with E-state index in [0.29, 0.717) is 0 Å². The highest BCUT2D eigenvalue weighted by Gasteiger charge is 2.13. The van der Waals surface area contributed by atoms with Gasteiger partial charge in [-0.1, -0.05) is 0 Å². The lowest BCUT2D eigenvalue weighted by molar-refractivity contribution is 0.0869. The van der Waals surface area contributed by atoms with Crippen molar-refractivity contribution in [3.05, 3.63) is 30.9 Å². The molecule has 0 unspecified atom stereocenters. The van der Waals surface area contributed by atoms with E-state index in [-0.39, 0.29) is 12.5 Å². The molecule has 0 saturated heterocycles. The molecule has 2 heterocycles. The Balaban J connectivity index is 2.21. The van der Waals surface area contributed by atoms with Gasteiger partial charge in [0.25, 0.3) is 5.91 Å². The topological polar surface area (TPSA) is 52.7 Å². The van der Waals surface area contributed by atoms with Crippen molar-refractivity contribution in [3.8, 4) is 0 Å². The number of rotatable bonds is 2. The first-order valence-corrected chi connectivity index (χ1v) is 7.07. The molecule has 2 aromatic rings. The Morgan fingerprint density at radius 3 is 2.59 bits per heavy atom. The van der Waals surface area contributed by atoms with Crippen LogP contribution in [0.5, 0.6) is 0 Å². The molecule has 0 aliphatic rings. The molecule has 2 rings (SSSR count). The van der Waals surface area contributed by atoms with E-state index in [1.165, 1.54) is 4.68 Å². The molecule has 0 saturated carbocycles. The summed E-state index contributed by atoms with van der Waals surface area (Å²) in [6.45, 7) is 4.11. The summed E-state index contributed by atoms with van der Waals surface area (Å²) in [6, 6.07) is 0. The minimum Gasteiger partial charge on any atom is -0.270 e. The van der Waals surface area contributed by atoms with Gasteiger partial charge >= 0.3 is 0 Å². The summed E-state index contributed by atoms with van der Waals surface area (Å²) in [5, 5.41) is 8.31. The summed E-state index contributed by atoms with van der Waals surface area (Å²) in [4.78, 5) is 11.9. The van der Waals surface area contributed by atoms with Crippen LogP contribution in [0, 0.1) is 21.0 Å². The van der Waals surface area contributed by atoms with E-state index in [0.717, 1.165) is 18.5 Å². The monoisotopic (exact) mass is 456 g/mol. The number of aromatic nitrogens is 4. The molecule has 0 amide bonds. The summed E-state index contributed by atoms with van der Waals surface area (Å²) in [7, 11) is 0. The number of carbonyl (C=O) groups excluding carboxylic acids is 1. The Kier molecular flexibility index (Phi) is 3.85. The largest absolute Gasteiger partial charge is 0.270 e. The Labute approximate surface area is 126 Å². The van der Waals surface area contributed by atoms with Crippen molar-refractivity contribution in [2.24, 2.45) is 0 Å². The van der Waals surface area contributed by atoms with E-state index < -0.39 is 0 Å². The zero-order chi connectivity index (χ0) is 12.6. The zero-order valence-electron chi connectivity index (χ0n) is 9.31. The van der Waals surface area contributed by atoms with Crippen LogP contribution < -0.4 is 0 Å². The lowest BCUT2D eigenvalue weighted by atomic mass is 10.4. The first-order valence-electron chi connectivity index (χ1n) is 4.92. The molecule has 2 aromatic heterocycles. The maximum Gasteiger partial charge on any atom is 0.268 e. The summed E-state index contributed by atoms with van der Waals surface area (Å²) in [5.74, 6) is -0.0880. The summed E-state index contributed by atoms with van der Waals surface area (Å²) < 4.78 is 5.11. The Morgan fingerprint density at radius 2 is 2.12 bits per heavy atom. The molecule has 0 bridgehead atoms. The third-order valence-electron chi connectivity index (χ3n) is 2.38. The van der Waals surface area contributed by atoms with Crippen LogP contribution in [0.3, 0.4) is 0 Å². The fraction of sp³-hybridized carbons (Fsp3) is 0.300. The molecule has 0 aliphatic heterocycles. The first-order chi connectivity index (χ1) is 7.99. The summed E-state index contributed by atoms with van der Waals surface area (Å²) in [5.41, 5.74) is 1.96. The molecule has 17 heavy (non-hydrogen) atoms. The van der Waals surface area contributed by atoms with Crippen LogP contribution in [0.15, 0.2) is 12.4 Å². The van der Waals surface area contributed by atoms with E-state index in [1.54, 1.807) is 17.1 Å². The van der Waals surface area contributed by atoms with Gasteiger partial charge in [0.1, 0.15) is 6.54 Å². The van der Waals surface area contributed by atoms with Gasteiger partial charge in [0.15, 0.2) is 0 Å². The molecule has 0 atom stereocenters. The molecule has 0 spiro atoms. The standard InChI is InChI=1S/C10H10I2N4O/c1-6-10(12)7(2)15(14-6)5-9(17)16-4-8(11)3-13-16/h3-4H,5H2,1-2H3. The molecule has 90 valence electrons. The highest BCUT2D eigenvalue weighted by Crippen LogP contribution is 2.15. The first kappa shape index (κ1) is 13.0. The SMILES string of the molecule is Cc1nn(CC(=O)n2cc(I)cn2)c(C)c1I. The van der Waals surface area contributed by atoms with E-state index in [1.807, 2.05) is 13.8 Å². The smallest absolute Gasteiger partial charge is 0.268 e. The van der Waals surface area contributed by atoms with Gasteiger partial charge in [-0.05, 0) is 59.0 Å². The van der Waals surface area contributed by atoms with E-state index >= 15 is 0 Å². The van der Waals surface area contributed by atoms with Crippen molar-refractivity contribution in [1.29, 1.82) is 0 Å². The lowest BCUT2D eigenvalue weighted by Gasteiger charge is -2.03. The van der Waals surface area contributed by atoms with Crippen molar-refractivity contribution in [1.82, 2.24) is 19.6 Å². The average Bonchev–Trinajstić information content (AvgIpc) is 2.80. The van der Waals surface area contributed by atoms with Crippen LogP contribution in [0.25, 0.3) is 0 Å². The van der Waals surface area contributed by atoms with Crippen molar-refractivity contribution in [2.75, 3.05) is 0 Å². The van der Waals surface area contributed by atoms with Crippen molar-refractivity contribution in [2.45, 2.75) is 20.4 Å². The van der Waals surface area contributed by atoms with E-state index in [4.69, 9.17) is 0 Å². The molecular formula is C10H10I2N4O. The maximum absolute atomic E-state index is 11.9. The highest BCUT2D eigenvalue weighted by molar-refractivity contribution is 14.1. The number of halogens is 2. The van der Waals surface area contributed by atoms with Crippen LogP contribution in [-0.4, -0.2) is 25.5 Å². The fourth-order valence-electron chi connectivity index (χ4n) is 1.47. The van der Waals surface area contributed by atoms with Gasteiger partial charge in [0.05, 0.1) is 19.0 Å². The van der Waals surface area contributed by atoms with Crippen molar-refractivity contribution >= 4 is 51.1 Å². The number of carbonyl (C=O) groups is 1. The van der Waals surface area contributed by atoms with Crippen LogP contribution in [0.2, 0.25) is 0 Å². The molecule has 0 radical (unpaired) electrons. The van der Waals surface area contributed by atoms with E-state index in [2.05, 4.69) is 55.4 Å². The van der Waals surface area contributed by atoms with Gasteiger partial charge in [0, 0.05) is 11.9 Å². The molecule has 0 aliphatic carbocycles. The zero-order valence-corrected chi connectivity index (χ0v) is 13.6. The third-order valence-corrected chi connectivity index (χ3v) is 4.50. The number of aryl methyl sites for hydroxylation is 1. The van der Waals surface area contributed by atoms with Crippen LogP contribution in [0.4, 0.5) is 0 Å². The lowest BCUT2D eigenvalue weighted by Crippen LogP contribution is -2.19. The molecule has 0 N–H and O–H groups in total. The van der Waals surface area contributed by atoms with Gasteiger partial charge in [-0.25, -0.2) is 4.68 Å². The Morgan fingerprint density at radius 1 is 1.41 bits per heavy atom. The van der Waals surface area contributed by atoms with Gasteiger partial charge < -0.3 is 0 Å². The van der Waals surface area contributed by atoms with Gasteiger partial charge in [0.2, 0.25) is 0 Å². The Hall–Kier alpha value is -0.450. The minimum absolute atomic E-state index is 0.0880. The molecule has 7 heteroatoms. The maximum atomic E-state index is 11.9. The van der Waals surface area contributed by atoms with Crippen molar-refractivity contribution < 1.29 is 4.79 Å². The third kappa shape index (κ3) is 2.69. The Bertz CT molecular complexity index is 573. The predicted molar refractivity (Wildman–Crippen MR) is 80.0 cm³/mol. The second-order valence-corrected chi connectivity index (χ2v) is 5.96. The second-order valence-electron chi connectivity index (χ2n) is 3.64. The molecule has 0 aromatic carbocycles. The van der Waals surface area contributed by atoms with Crippen LogP contribution in [0.1, 0.15) is 16.2 Å². The average molecular weight is 456 g/mol. The molecule has 0 fully saturated rings. The predicted octanol–water partition coefficient (Wildman–Crippen LogP) is 2.25. The summed E-state index contributed by atoms with van der Waals surface area (Å²) in [6.07, 6.45) is 3.36. The van der Waals surface area contributed by atoms with Crippen LogP contribution in [-0.2, 0) is 6.54 Å². The molecular weight excluding hydrogens is 446 g/mol. The molecule has 5 nitrogen and oxygen atoms in total. The normalized spacial score (nSPS) is 10.8.